The summed E-state index contributed by atoms with van der Waals surface area (Å²) in [5, 5.41) is 3.47. The number of allylic oxidation sites excluding steroid dienone is 5. The van der Waals surface area contributed by atoms with Crippen molar-refractivity contribution >= 4 is 0 Å². The number of nitrogens with two attached hydrogens (primary N) is 1. The van der Waals surface area contributed by atoms with Crippen LogP contribution in [-0.4, -0.2) is 19.6 Å². The first-order valence-electron chi connectivity index (χ1n) is 8.91. The molecule has 2 heteroatoms. The van der Waals surface area contributed by atoms with Crippen LogP contribution in [0.3, 0.4) is 0 Å². The summed E-state index contributed by atoms with van der Waals surface area (Å²) >= 11 is 0. The van der Waals surface area contributed by atoms with Gasteiger partial charge in [-0.1, -0.05) is 41.4 Å². The molecule has 0 aliphatic rings. The van der Waals surface area contributed by atoms with E-state index in [-0.39, 0.29) is 0 Å². The van der Waals surface area contributed by atoms with E-state index in [1.54, 1.807) is 0 Å². The molecule has 0 aliphatic carbocycles. The van der Waals surface area contributed by atoms with Crippen molar-refractivity contribution in [3.63, 3.8) is 0 Å². The molecule has 2 nitrogen and oxygen atoms in total. The van der Waals surface area contributed by atoms with Gasteiger partial charge in [0.05, 0.1) is 0 Å². The van der Waals surface area contributed by atoms with E-state index in [4.69, 9.17) is 5.73 Å². The SMILES string of the molecule is CC(C)=CCC/C(C)=C\CCC(C)=CCNCCCCCN. The van der Waals surface area contributed by atoms with Crippen molar-refractivity contribution in [1.29, 1.82) is 0 Å². The first kappa shape index (κ1) is 21.1. The Kier molecular flexibility index (Phi) is 14.5. The Balaban J connectivity index is 3.67. The Morgan fingerprint density at radius 1 is 0.818 bits per heavy atom. The Bertz CT molecular complexity index is 347. The second-order valence-electron chi connectivity index (χ2n) is 6.51. The molecule has 0 amide bonds. The average Bonchev–Trinajstić information content (AvgIpc) is 2.46. The Hall–Kier alpha value is -0.860. The molecule has 0 aromatic heterocycles. The number of hydrogen-bond acceptors (Lipinski definition) is 2. The largest absolute Gasteiger partial charge is 0.330 e. The molecule has 0 rings (SSSR count). The van der Waals surface area contributed by atoms with Gasteiger partial charge in [-0.2, -0.15) is 0 Å². The molecule has 0 saturated carbocycles. The molecule has 0 aromatic carbocycles. The maximum Gasteiger partial charge on any atom is 0.0137 e. The number of rotatable bonds is 13. The topological polar surface area (TPSA) is 38.0 Å². The van der Waals surface area contributed by atoms with Crippen molar-refractivity contribution < 1.29 is 0 Å². The third-order valence-corrected chi connectivity index (χ3v) is 3.78. The minimum atomic E-state index is 0.820. The van der Waals surface area contributed by atoms with E-state index in [0.717, 1.165) is 26.1 Å². The van der Waals surface area contributed by atoms with Gasteiger partial charge < -0.3 is 11.1 Å². The third kappa shape index (κ3) is 15.5. The summed E-state index contributed by atoms with van der Waals surface area (Å²) in [7, 11) is 0. The van der Waals surface area contributed by atoms with Gasteiger partial charge in [0.1, 0.15) is 0 Å². The summed E-state index contributed by atoms with van der Waals surface area (Å²) in [6.45, 7) is 11.7. The van der Waals surface area contributed by atoms with Gasteiger partial charge in [-0.25, -0.2) is 0 Å². The van der Waals surface area contributed by atoms with E-state index in [9.17, 15) is 0 Å². The van der Waals surface area contributed by atoms with E-state index in [1.807, 2.05) is 0 Å². The van der Waals surface area contributed by atoms with E-state index in [2.05, 4.69) is 51.2 Å². The minimum Gasteiger partial charge on any atom is -0.330 e. The lowest BCUT2D eigenvalue weighted by Crippen LogP contribution is -2.15. The third-order valence-electron chi connectivity index (χ3n) is 3.78. The molecule has 0 spiro atoms. The first-order valence-corrected chi connectivity index (χ1v) is 8.91. The van der Waals surface area contributed by atoms with Crippen LogP contribution in [0.2, 0.25) is 0 Å². The van der Waals surface area contributed by atoms with Crippen LogP contribution < -0.4 is 11.1 Å². The van der Waals surface area contributed by atoms with Gasteiger partial charge in [-0.05, 0) is 79.3 Å². The smallest absolute Gasteiger partial charge is 0.0137 e. The van der Waals surface area contributed by atoms with Crippen molar-refractivity contribution in [1.82, 2.24) is 5.32 Å². The van der Waals surface area contributed by atoms with Crippen molar-refractivity contribution in [3.05, 3.63) is 34.9 Å². The molecule has 0 fully saturated rings. The molecule has 0 radical (unpaired) electrons. The maximum absolute atomic E-state index is 5.48. The molecule has 0 unspecified atom stereocenters. The van der Waals surface area contributed by atoms with Crippen molar-refractivity contribution in [2.75, 3.05) is 19.6 Å². The second-order valence-corrected chi connectivity index (χ2v) is 6.51. The lowest BCUT2D eigenvalue weighted by molar-refractivity contribution is 0.631. The number of unbranched alkanes of at least 4 members (excludes halogenated alkanes) is 2. The zero-order valence-electron chi connectivity index (χ0n) is 15.4. The quantitative estimate of drug-likeness (QED) is 0.366. The van der Waals surface area contributed by atoms with Crippen LogP contribution in [0.15, 0.2) is 34.9 Å². The summed E-state index contributed by atoms with van der Waals surface area (Å²) in [6.07, 6.45) is 15.4. The fraction of sp³-hybridized carbons (Fsp3) is 0.700. The molecule has 0 aliphatic heterocycles. The predicted octanol–water partition coefficient (Wildman–Crippen LogP) is 5.12. The summed E-state index contributed by atoms with van der Waals surface area (Å²) in [5.74, 6) is 0. The zero-order valence-corrected chi connectivity index (χ0v) is 15.4. The number of nitrogens with one attached hydrogen (secondary N) is 1. The van der Waals surface area contributed by atoms with Crippen LogP contribution in [0.5, 0.6) is 0 Å². The summed E-state index contributed by atoms with van der Waals surface area (Å²) in [5.41, 5.74) is 9.90. The predicted molar refractivity (Wildman–Crippen MR) is 101 cm³/mol. The fourth-order valence-corrected chi connectivity index (χ4v) is 2.26. The summed E-state index contributed by atoms with van der Waals surface area (Å²) in [6, 6.07) is 0. The van der Waals surface area contributed by atoms with E-state index in [1.165, 1.54) is 55.2 Å². The highest BCUT2D eigenvalue weighted by Gasteiger charge is 1.92. The molecular weight excluding hydrogens is 268 g/mol. The van der Waals surface area contributed by atoms with E-state index < -0.39 is 0 Å². The molecular formula is C20H38N2. The monoisotopic (exact) mass is 306 g/mol. The standard InChI is InChI=1S/C20H38N2/c1-18(2)10-8-11-19(3)12-9-13-20(4)14-17-22-16-7-5-6-15-21/h10,12,14,22H,5-9,11,13,15-17,21H2,1-4H3/b19-12-,20-14?. The summed E-state index contributed by atoms with van der Waals surface area (Å²) in [4.78, 5) is 0. The van der Waals surface area contributed by atoms with Crippen molar-refractivity contribution in [2.24, 2.45) is 5.73 Å². The molecule has 0 aromatic rings. The molecule has 0 heterocycles. The van der Waals surface area contributed by atoms with Gasteiger partial charge >= 0.3 is 0 Å². The molecule has 0 bridgehead atoms. The Morgan fingerprint density at radius 3 is 2.09 bits per heavy atom. The lowest BCUT2D eigenvalue weighted by Gasteiger charge is -2.03. The molecule has 22 heavy (non-hydrogen) atoms. The zero-order chi connectivity index (χ0) is 16.6. The molecule has 128 valence electrons. The molecule has 0 saturated heterocycles. The normalized spacial score (nSPS) is 12.6. The number of hydrogen-bond donors (Lipinski definition) is 2. The van der Waals surface area contributed by atoms with Gasteiger partial charge in [0, 0.05) is 6.54 Å². The molecule has 0 atom stereocenters. The summed E-state index contributed by atoms with van der Waals surface area (Å²) < 4.78 is 0. The Morgan fingerprint density at radius 2 is 1.45 bits per heavy atom. The van der Waals surface area contributed by atoms with Crippen molar-refractivity contribution in [2.45, 2.75) is 72.6 Å². The van der Waals surface area contributed by atoms with Crippen LogP contribution in [0.4, 0.5) is 0 Å². The van der Waals surface area contributed by atoms with Gasteiger partial charge in [0.2, 0.25) is 0 Å². The van der Waals surface area contributed by atoms with E-state index >= 15 is 0 Å². The van der Waals surface area contributed by atoms with Crippen LogP contribution in [0, 0.1) is 0 Å². The highest BCUT2D eigenvalue weighted by atomic mass is 14.8. The van der Waals surface area contributed by atoms with Crippen LogP contribution in [0.25, 0.3) is 0 Å². The van der Waals surface area contributed by atoms with Crippen LogP contribution >= 0.6 is 0 Å². The van der Waals surface area contributed by atoms with E-state index in [0.29, 0.717) is 0 Å². The second kappa shape index (κ2) is 15.1. The van der Waals surface area contributed by atoms with Crippen LogP contribution in [0.1, 0.15) is 72.6 Å². The van der Waals surface area contributed by atoms with Crippen molar-refractivity contribution in [3.8, 4) is 0 Å². The molecule has 3 N–H and O–H groups in total. The highest BCUT2D eigenvalue weighted by Crippen LogP contribution is 2.11. The lowest BCUT2D eigenvalue weighted by atomic mass is 10.1. The minimum absolute atomic E-state index is 0.820. The Labute approximate surface area is 138 Å². The van der Waals surface area contributed by atoms with Crippen LogP contribution in [-0.2, 0) is 0 Å². The highest BCUT2D eigenvalue weighted by molar-refractivity contribution is 5.05. The van der Waals surface area contributed by atoms with Gasteiger partial charge in [0.15, 0.2) is 0 Å². The average molecular weight is 307 g/mol. The maximum atomic E-state index is 5.48. The van der Waals surface area contributed by atoms with Gasteiger partial charge in [-0.15, -0.1) is 0 Å². The van der Waals surface area contributed by atoms with Gasteiger partial charge in [0.25, 0.3) is 0 Å². The van der Waals surface area contributed by atoms with Gasteiger partial charge in [-0.3, -0.25) is 0 Å². The fourth-order valence-electron chi connectivity index (χ4n) is 2.26. The first-order chi connectivity index (χ1) is 10.6.